The first-order valence-corrected chi connectivity index (χ1v) is 6.23. The van der Waals surface area contributed by atoms with Gasteiger partial charge in [0.15, 0.2) is 0 Å². The molecule has 0 saturated heterocycles. The van der Waals surface area contributed by atoms with Crippen molar-refractivity contribution in [2.75, 3.05) is 0 Å². The molecule has 0 atom stereocenters. The van der Waals surface area contributed by atoms with Gasteiger partial charge in [0, 0.05) is 11.4 Å². The van der Waals surface area contributed by atoms with E-state index in [1.807, 2.05) is 12.4 Å². The normalized spacial score (nSPS) is 11.4. The quantitative estimate of drug-likeness (QED) is 0.772. The molecule has 0 bridgehead atoms. The Bertz CT molecular complexity index is 481. The Morgan fingerprint density at radius 2 is 1.59 bits per heavy atom. The number of nitrogens with zero attached hydrogens (tertiary/aromatic N) is 2. The second-order valence-corrected chi connectivity index (χ2v) is 5.03. The first-order valence-electron chi connectivity index (χ1n) is 6.23. The summed E-state index contributed by atoms with van der Waals surface area (Å²) in [6.07, 6.45) is 1.94. The Hall–Kier alpha value is -1.57. The van der Waals surface area contributed by atoms with E-state index in [1.165, 1.54) is 17.1 Å². The van der Waals surface area contributed by atoms with Gasteiger partial charge in [-0.25, -0.2) is 4.98 Å². The molecule has 1 aromatic heterocycles. The van der Waals surface area contributed by atoms with Crippen LogP contribution < -0.4 is 0 Å². The molecule has 0 spiro atoms. The maximum atomic E-state index is 4.58. The van der Waals surface area contributed by atoms with E-state index in [-0.39, 0.29) is 0 Å². The van der Waals surface area contributed by atoms with Crippen LogP contribution in [-0.2, 0) is 0 Å². The van der Waals surface area contributed by atoms with Crippen LogP contribution in [0.5, 0.6) is 0 Å². The Morgan fingerprint density at radius 1 is 0.941 bits per heavy atom. The standard InChI is InChI=1S/C15H20N2/c1-11(2)14-15(12(3)4)17(10-16-14)13-8-6-5-7-9-13/h5-12H,1-4H3. The van der Waals surface area contributed by atoms with Gasteiger partial charge in [0.25, 0.3) is 0 Å². The molecule has 1 heterocycles. The fraction of sp³-hybridized carbons (Fsp3) is 0.400. The maximum Gasteiger partial charge on any atom is 0.0997 e. The molecule has 0 aliphatic rings. The Labute approximate surface area is 103 Å². The first-order chi connectivity index (χ1) is 8.11. The highest BCUT2D eigenvalue weighted by Gasteiger charge is 2.17. The molecule has 2 aromatic rings. The van der Waals surface area contributed by atoms with E-state index in [2.05, 4.69) is 61.5 Å². The average molecular weight is 228 g/mol. The highest BCUT2D eigenvalue weighted by molar-refractivity contribution is 5.36. The number of hydrogen-bond donors (Lipinski definition) is 0. The number of benzene rings is 1. The monoisotopic (exact) mass is 228 g/mol. The molecule has 2 heteroatoms. The van der Waals surface area contributed by atoms with Crippen LogP contribution in [0.1, 0.15) is 50.9 Å². The van der Waals surface area contributed by atoms with Crippen molar-refractivity contribution in [2.24, 2.45) is 0 Å². The second kappa shape index (κ2) is 4.74. The van der Waals surface area contributed by atoms with Crippen LogP contribution >= 0.6 is 0 Å². The van der Waals surface area contributed by atoms with E-state index in [0.717, 1.165) is 0 Å². The predicted molar refractivity (Wildman–Crippen MR) is 71.7 cm³/mol. The zero-order valence-electron chi connectivity index (χ0n) is 11.0. The van der Waals surface area contributed by atoms with Crippen molar-refractivity contribution in [3.8, 4) is 5.69 Å². The topological polar surface area (TPSA) is 17.8 Å². The van der Waals surface area contributed by atoms with Crippen LogP contribution in [0.4, 0.5) is 0 Å². The molecule has 0 aliphatic heterocycles. The van der Waals surface area contributed by atoms with Gasteiger partial charge in [-0.15, -0.1) is 0 Å². The minimum atomic E-state index is 0.470. The third-order valence-corrected chi connectivity index (χ3v) is 2.96. The summed E-state index contributed by atoms with van der Waals surface area (Å²) in [5.74, 6) is 0.951. The Balaban J connectivity index is 2.56. The van der Waals surface area contributed by atoms with Gasteiger partial charge in [0.1, 0.15) is 0 Å². The van der Waals surface area contributed by atoms with E-state index >= 15 is 0 Å². The molecule has 0 saturated carbocycles. The van der Waals surface area contributed by atoms with E-state index < -0.39 is 0 Å². The minimum Gasteiger partial charge on any atom is -0.303 e. The molecule has 0 aliphatic carbocycles. The molecule has 2 rings (SSSR count). The fourth-order valence-electron chi connectivity index (χ4n) is 2.18. The predicted octanol–water partition coefficient (Wildman–Crippen LogP) is 4.12. The zero-order chi connectivity index (χ0) is 12.4. The lowest BCUT2D eigenvalue weighted by Crippen LogP contribution is -2.04. The van der Waals surface area contributed by atoms with Gasteiger partial charge >= 0.3 is 0 Å². The number of hydrogen-bond acceptors (Lipinski definition) is 1. The van der Waals surface area contributed by atoms with Crippen molar-refractivity contribution in [3.63, 3.8) is 0 Å². The van der Waals surface area contributed by atoms with Gasteiger partial charge in [-0.05, 0) is 24.0 Å². The number of rotatable bonds is 3. The molecule has 0 N–H and O–H groups in total. The summed E-state index contributed by atoms with van der Waals surface area (Å²) in [6, 6.07) is 10.4. The summed E-state index contributed by atoms with van der Waals surface area (Å²) >= 11 is 0. The number of aromatic nitrogens is 2. The molecule has 0 amide bonds. The van der Waals surface area contributed by atoms with E-state index in [0.29, 0.717) is 11.8 Å². The lowest BCUT2D eigenvalue weighted by molar-refractivity contribution is 0.736. The summed E-state index contributed by atoms with van der Waals surface area (Å²) in [4.78, 5) is 4.58. The van der Waals surface area contributed by atoms with Crippen molar-refractivity contribution in [1.29, 1.82) is 0 Å². The van der Waals surface area contributed by atoms with E-state index in [1.54, 1.807) is 0 Å². The van der Waals surface area contributed by atoms with Gasteiger partial charge in [0.2, 0.25) is 0 Å². The summed E-state index contributed by atoms with van der Waals surface area (Å²) in [5, 5.41) is 0. The summed E-state index contributed by atoms with van der Waals surface area (Å²) in [6.45, 7) is 8.85. The van der Waals surface area contributed by atoms with Crippen molar-refractivity contribution < 1.29 is 0 Å². The van der Waals surface area contributed by atoms with Crippen LogP contribution in [0, 0.1) is 0 Å². The van der Waals surface area contributed by atoms with Crippen LogP contribution in [0.2, 0.25) is 0 Å². The lowest BCUT2D eigenvalue weighted by atomic mass is 10.0. The smallest absolute Gasteiger partial charge is 0.0997 e. The molecule has 17 heavy (non-hydrogen) atoms. The average Bonchev–Trinajstić information content (AvgIpc) is 2.74. The van der Waals surface area contributed by atoms with Gasteiger partial charge in [-0.2, -0.15) is 0 Å². The summed E-state index contributed by atoms with van der Waals surface area (Å²) < 4.78 is 2.21. The highest BCUT2D eigenvalue weighted by atomic mass is 15.1. The van der Waals surface area contributed by atoms with Crippen molar-refractivity contribution in [1.82, 2.24) is 9.55 Å². The molecule has 2 nitrogen and oxygen atoms in total. The molecule has 0 radical (unpaired) electrons. The molecule has 90 valence electrons. The van der Waals surface area contributed by atoms with Crippen molar-refractivity contribution in [2.45, 2.75) is 39.5 Å². The van der Waals surface area contributed by atoms with Crippen molar-refractivity contribution in [3.05, 3.63) is 48.0 Å². The molecule has 0 fully saturated rings. The summed E-state index contributed by atoms with van der Waals surface area (Å²) in [7, 11) is 0. The van der Waals surface area contributed by atoms with Crippen LogP contribution in [0.15, 0.2) is 36.7 Å². The summed E-state index contributed by atoms with van der Waals surface area (Å²) in [5.41, 5.74) is 3.73. The second-order valence-electron chi connectivity index (χ2n) is 5.03. The van der Waals surface area contributed by atoms with Crippen LogP contribution in [0.25, 0.3) is 5.69 Å². The van der Waals surface area contributed by atoms with E-state index in [4.69, 9.17) is 0 Å². The fourth-order valence-corrected chi connectivity index (χ4v) is 2.18. The lowest BCUT2D eigenvalue weighted by Gasteiger charge is -2.14. The third-order valence-electron chi connectivity index (χ3n) is 2.96. The third kappa shape index (κ3) is 2.26. The largest absolute Gasteiger partial charge is 0.303 e. The van der Waals surface area contributed by atoms with Crippen molar-refractivity contribution >= 4 is 0 Å². The Kier molecular flexibility index (Phi) is 3.32. The van der Waals surface area contributed by atoms with Crippen LogP contribution in [-0.4, -0.2) is 9.55 Å². The molecular formula is C15H20N2. The van der Waals surface area contributed by atoms with Gasteiger partial charge in [-0.3, -0.25) is 0 Å². The molecule has 1 aromatic carbocycles. The Morgan fingerprint density at radius 3 is 2.12 bits per heavy atom. The SMILES string of the molecule is CC(C)c1ncn(-c2ccccc2)c1C(C)C. The molecule has 0 unspecified atom stereocenters. The highest BCUT2D eigenvalue weighted by Crippen LogP contribution is 2.27. The van der Waals surface area contributed by atoms with Gasteiger partial charge in [-0.1, -0.05) is 45.9 Å². The van der Waals surface area contributed by atoms with Gasteiger partial charge < -0.3 is 4.57 Å². The van der Waals surface area contributed by atoms with Gasteiger partial charge in [0.05, 0.1) is 12.0 Å². The van der Waals surface area contributed by atoms with E-state index in [9.17, 15) is 0 Å². The number of imidazole rings is 1. The van der Waals surface area contributed by atoms with Crippen LogP contribution in [0.3, 0.4) is 0 Å². The first kappa shape index (κ1) is 11.9. The maximum absolute atomic E-state index is 4.58. The minimum absolute atomic E-state index is 0.470. The number of para-hydroxylation sites is 1. The molecular weight excluding hydrogens is 208 g/mol. The zero-order valence-corrected chi connectivity index (χ0v) is 11.0.